The van der Waals surface area contributed by atoms with Gasteiger partial charge in [-0.1, -0.05) is 0 Å². The van der Waals surface area contributed by atoms with Gasteiger partial charge in [-0.2, -0.15) is 0 Å². The number of rotatable bonds is 3. The molecule has 0 atom stereocenters. The number of nitrogens with two attached hydrogens (primary N) is 1. The van der Waals surface area contributed by atoms with Crippen molar-refractivity contribution in [1.82, 2.24) is 15.3 Å². The Morgan fingerprint density at radius 1 is 1.37 bits per heavy atom. The maximum Gasteiger partial charge on any atom is 0.253 e. The van der Waals surface area contributed by atoms with Crippen LogP contribution >= 0.6 is 0 Å². The number of anilines is 1. The summed E-state index contributed by atoms with van der Waals surface area (Å²) in [5, 5.41) is 2.61. The van der Waals surface area contributed by atoms with Gasteiger partial charge in [0.2, 0.25) is 0 Å². The van der Waals surface area contributed by atoms with E-state index in [9.17, 15) is 9.18 Å². The number of carbonyl (C=O) groups excluding carboxylic acids is 1. The van der Waals surface area contributed by atoms with Gasteiger partial charge in [-0.15, -0.1) is 0 Å². The van der Waals surface area contributed by atoms with Crippen molar-refractivity contribution in [2.75, 3.05) is 5.73 Å². The summed E-state index contributed by atoms with van der Waals surface area (Å²) in [4.78, 5) is 20.0. The number of carbonyl (C=O) groups is 1. The van der Waals surface area contributed by atoms with Crippen molar-refractivity contribution in [1.29, 1.82) is 0 Å². The second-order valence-electron chi connectivity index (χ2n) is 4.06. The van der Waals surface area contributed by atoms with Gasteiger partial charge in [0.1, 0.15) is 5.82 Å². The fourth-order valence-corrected chi connectivity index (χ4v) is 1.50. The van der Waals surface area contributed by atoms with Crippen LogP contribution in [0.4, 0.5) is 10.1 Å². The zero-order valence-corrected chi connectivity index (χ0v) is 10.4. The molecule has 1 heterocycles. The van der Waals surface area contributed by atoms with E-state index in [4.69, 9.17) is 5.73 Å². The molecule has 0 bridgehead atoms. The highest BCUT2D eigenvalue weighted by atomic mass is 19.1. The average Bonchev–Trinajstić information content (AvgIpc) is 2.40. The molecule has 0 spiro atoms. The number of amides is 1. The molecule has 6 heteroatoms. The molecule has 3 N–H and O–H groups in total. The van der Waals surface area contributed by atoms with Crippen molar-refractivity contribution < 1.29 is 9.18 Å². The van der Waals surface area contributed by atoms with E-state index in [1.807, 2.05) is 6.92 Å². The average molecular weight is 260 g/mol. The molecule has 98 valence electrons. The molecule has 0 aliphatic heterocycles. The number of benzene rings is 1. The van der Waals surface area contributed by atoms with Crippen molar-refractivity contribution in [2.45, 2.75) is 13.5 Å². The van der Waals surface area contributed by atoms with Gasteiger partial charge in [0, 0.05) is 11.9 Å². The number of aromatic nitrogens is 2. The van der Waals surface area contributed by atoms with Crippen LogP contribution in [-0.2, 0) is 6.54 Å². The molecule has 2 aromatic rings. The van der Waals surface area contributed by atoms with Crippen LogP contribution < -0.4 is 11.1 Å². The van der Waals surface area contributed by atoms with E-state index in [1.165, 1.54) is 12.1 Å². The van der Waals surface area contributed by atoms with E-state index in [0.717, 1.165) is 11.8 Å². The highest BCUT2D eigenvalue weighted by molar-refractivity contribution is 5.99. The second-order valence-corrected chi connectivity index (χ2v) is 4.06. The Morgan fingerprint density at radius 3 is 2.84 bits per heavy atom. The molecule has 19 heavy (non-hydrogen) atoms. The number of aryl methyl sites for hydroxylation is 1. The van der Waals surface area contributed by atoms with Gasteiger partial charge in [-0.3, -0.25) is 14.8 Å². The van der Waals surface area contributed by atoms with E-state index in [2.05, 4.69) is 15.3 Å². The van der Waals surface area contributed by atoms with Gasteiger partial charge in [-0.05, 0) is 25.1 Å². The number of hydrogen-bond acceptors (Lipinski definition) is 4. The van der Waals surface area contributed by atoms with Crippen molar-refractivity contribution in [3.05, 3.63) is 53.4 Å². The summed E-state index contributed by atoms with van der Waals surface area (Å²) < 4.78 is 13.1. The maximum absolute atomic E-state index is 13.1. The summed E-state index contributed by atoms with van der Waals surface area (Å²) in [5.41, 5.74) is 7.38. The first-order valence-electron chi connectivity index (χ1n) is 5.67. The van der Waals surface area contributed by atoms with Gasteiger partial charge >= 0.3 is 0 Å². The van der Waals surface area contributed by atoms with Crippen LogP contribution in [0.1, 0.15) is 21.7 Å². The molecular formula is C13H13FN4O. The zero-order valence-electron chi connectivity index (χ0n) is 10.4. The molecule has 0 unspecified atom stereocenters. The third-order valence-electron chi connectivity index (χ3n) is 2.52. The van der Waals surface area contributed by atoms with Gasteiger partial charge < -0.3 is 11.1 Å². The number of nitrogens with zero attached hydrogens (tertiary/aromatic N) is 2. The number of nitrogen functional groups attached to an aromatic ring is 1. The molecule has 0 aliphatic rings. The van der Waals surface area contributed by atoms with E-state index in [-0.39, 0.29) is 17.8 Å². The van der Waals surface area contributed by atoms with Crippen LogP contribution in [0.3, 0.4) is 0 Å². The predicted octanol–water partition coefficient (Wildman–Crippen LogP) is 1.44. The standard InChI is InChI=1S/C13H13FN4O/c1-8-5-17-10(6-16-8)7-18-13(19)11-4-9(14)2-3-12(11)15/h2-6H,7,15H2,1H3,(H,18,19). The first-order valence-corrected chi connectivity index (χ1v) is 5.67. The first-order chi connectivity index (χ1) is 9.06. The third kappa shape index (κ3) is 3.25. The molecule has 0 radical (unpaired) electrons. The fraction of sp³-hybridized carbons (Fsp3) is 0.154. The number of hydrogen-bond donors (Lipinski definition) is 2. The van der Waals surface area contributed by atoms with Crippen molar-refractivity contribution in [3.63, 3.8) is 0 Å². The molecule has 1 aromatic heterocycles. The Bertz CT molecular complexity index is 598. The molecule has 0 aliphatic carbocycles. The van der Waals surface area contributed by atoms with Crippen molar-refractivity contribution in [3.8, 4) is 0 Å². The highest BCUT2D eigenvalue weighted by Crippen LogP contribution is 2.13. The fourth-order valence-electron chi connectivity index (χ4n) is 1.50. The zero-order chi connectivity index (χ0) is 13.8. The molecule has 2 rings (SSSR count). The summed E-state index contributed by atoms with van der Waals surface area (Å²) in [7, 11) is 0. The van der Waals surface area contributed by atoms with Crippen LogP contribution in [0.15, 0.2) is 30.6 Å². The topological polar surface area (TPSA) is 80.9 Å². The monoisotopic (exact) mass is 260 g/mol. The van der Waals surface area contributed by atoms with Crippen LogP contribution in [0.2, 0.25) is 0 Å². The molecule has 5 nitrogen and oxygen atoms in total. The lowest BCUT2D eigenvalue weighted by molar-refractivity contribution is 0.0951. The molecular weight excluding hydrogens is 247 g/mol. The summed E-state index contributed by atoms with van der Waals surface area (Å²) in [6.07, 6.45) is 3.18. The van der Waals surface area contributed by atoms with Gasteiger partial charge in [0.25, 0.3) is 5.91 Å². The SMILES string of the molecule is Cc1cnc(CNC(=O)c2cc(F)ccc2N)cn1. The van der Waals surface area contributed by atoms with Crippen LogP contribution in [0, 0.1) is 12.7 Å². The normalized spacial score (nSPS) is 10.2. The lowest BCUT2D eigenvalue weighted by atomic mass is 10.1. The minimum atomic E-state index is -0.505. The Balaban J connectivity index is 2.05. The Morgan fingerprint density at radius 2 is 2.16 bits per heavy atom. The van der Waals surface area contributed by atoms with Gasteiger partial charge in [0.15, 0.2) is 0 Å². The largest absolute Gasteiger partial charge is 0.398 e. The number of halogens is 1. The van der Waals surface area contributed by atoms with Gasteiger partial charge in [-0.25, -0.2) is 4.39 Å². The molecule has 1 aromatic carbocycles. The molecule has 0 saturated heterocycles. The highest BCUT2D eigenvalue weighted by Gasteiger charge is 2.10. The summed E-state index contributed by atoms with van der Waals surface area (Å²) in [5.74, 6) is -0.950. The quantitative estimate of drug-likeness (QED) is 0.818. The molecule has 1 amide bonds. The lowest BCUT2D eigenvalue weighted by Gasteiger charge is -2.07. The molecule has 0 saturated carbocycles. The third-order valence-corrected chi connectivity index (χ3v) is 2.52. The summed E-state index contributed by atoms with van der Waals surface area (Å²) in [6.45, 7) is 2.03. The van der Waals surface area contributed by atoms with E-state index in [1.54, 1.807) is 12.4 Å². The Labute approximate surface area is 109 Å². The first kappa shape index (κ1) is 12.9. The Hall–Kier alpha value is -2.50. The summed E-state index contributed by atoms with van der Waals surface area (Å²) >= 11 is 0. The van der Waals surface area contributed by atoms with E-state index >= 15 is 0 Å². The second kappa shape index (κ2) is 5.43. The summed E-state index contributed by atoms with van der Waals surface area (Å²) in [6, 6.07) is 3.67. The van der Waals surface area contributed by atoms with E-state index < -0.39 is 11.7 Å². The van der Waals surface area contributed by atoms with Crippen LogP contribution in [-0.4, -0.2) is 15.9 Å². The van der Waals surface area contributed by atoms with E-state index in [0.29, 0.717) is 5.69 Å². The lowest BCUT2D eigenvalue weighted by Crippen LogP contribution is -2.24. The van der Waals surface area contributed by atoms with Crippen LogP contribution in [0.5, 0.6) is 0 Å². The minimum Gasteiger partial charge on any atom is -0.398 e. The van der Waals surface area contributed by atoms with Crippen LogP contribution in [0.25, 0.3) is 0 Å². The van der Waals surface area contributed by atoms with Crippen molar-refractivity contribution >= 4 is 11.6 Å². The van der Waals surface area contributed by atoms with Crippen molar-refractivity contribution in [2.24, 2.45) is 0 Å². The predicted molar refractivity (Wildman–Crippen MR) is 68.8 cm³/mol. The maximum atomic E-state index is 13.1. The minimum absolute atomic E-state index is 0.111. The smallest absolute Gasteiger partial charge is 0.253 e. The van der Waals surface area contributed by atoms with Gasteiger partial charge in [0.05, 0.1) is 29.7 Å². The Kier molecular flexibility index (Phi) is 3.70. The molecule has 0 fully saturated rings. The number of nitrogens with one attached hydrogen (secondary N) is 1.